The van der Waals surface area contributed by atoms with Crippen LogP contribution >= 0.6 is 0 Å². The van der Waals surface area contributed by atoms with Gasteiger partial charge in [-0.05, 0) is 44.2 Å². The third-order valence-corrected chi connectivity index (χ3v) is 4.94. The van der Waals surface area contributed by atoms with Crippen LogP contribution in [0.1, 0.15) is 20.8 Å². The molecule has 156 valence electrons. The normalized spacial score (nSPS) is 11.5. The minimum Gasteiger partial charge on any atom is -0.494 e. The molecule has 0 atom stereocenters. The average Bonchev–Trinajstić information content (AvgIpc) is 2.67. The predicted octanol–water partition coefficient (Wildman–Crippen LogP) is 4.57. The van der Waals surface area contributed by atoms with E-state index in [-0.39, 0.29) is 5.91 Å². The third-order valence-electron chi connectivity index (χ3n) is 4.10. The van der Waals surface area contributed by atoms with Gasteiger partial charge in [-0.2, -0.15) is 13.5 Å². The van der Waals surface area contributed by atoms with E-state index in [0.29, 0.717) is 22.8 Å². The Hall–Kier alpha value is -3.01. The van der Waals surface area contributed by atoms with Gasteiger partial charge in [0.05, 0.1) is 29.1 Å². The van der Waals surface area contributed by atoms with Crippen molar-refractivity contribution in [2.75, 3.05) is 30.4 Å². The molecule has 0 unspecified atom stereocenters. The number of carbonyl (C=O) groups is 1. The molecule has 2 aromatic carbocycles. The molecule has 29 heavy (non-hydrogen) atoms. The van der Waals surface area contributed by atoms with E-state index in [4.69, 9.17) is 4.74 Å². The molecule has 1 N–H and O–H groups in total. The second-order valence-electron chi connectivity index (χ2n) is 6.03. The molecule has 10 heteroatoms. The van der Waals surface area contributed by atoms with E-state index < -0.39 is 15.1 Å². The fraction of sp³-hybridized carbons (Fsp3) is 0.316. The van der Waals surface area contributed by atoms with Crippen molar-refractivity contribution in [2.24, 2.45) is 10.2 Å². The van der Waals surface area contributed by atoms with E-state index in [9.17, 15) is 17.1 Å². The number of hydrogen-bond acceptors (Lipinski definition) is 7. The first-order valence-corrected chi connectivity index (χ1v) is 10.3. The number of methoxy groups -OCH3 is 1. The second kappa shape index (κ2) is 9.46. The van der Waals surface area contributed by atoms with Crippen LogP contribution in [0.15, 0.2) is 51.5 Å². The van der Waals surface area contributed by atoms with Gasteiger partial charge in [-0.15, -0.1) is 9.00 Å². The highest BCUT2D eigenvalue weighted by Crippen LogP contribution is 2.39. The highest BCUT2D eigenvalue weighted by molar-refractivity contribution is 7.86. The summed E-state index contributed by atoms with van der Waals surface area (Å²) in [7, 11) is -3.24. The summed E-state index contributed by atoms with van der Waals surface area (Å²) in [6.45, 7) is 6.90. The van der Waals surface area contributed by atoms with Crippen molar-refractivity contribution >= 4 is 38.9 Å². The number of hydrogen-bond donors (Lipinski definition) is 1. The Balaban J connectivity index is 2.47. The number of carbonyl (C=O) groups excluding carboxylic acids is 1. The summed E-state index contributed by atoms with van der Waals surface area (Å²) < 4.78 is 40.3. The first-order chi connectivity index (χ1) is 13.7. The molecule has 1 amide bonds. The van der Waals surface area contributed by atoms with Crippen molar-refractivity contribution in [1.82, 2.24) is 0 Å². The van der Waals surface area contributed by atoms with Crippen molar-refractivity contribution in [2.45, 2.75) is 25.7 Å². The third kappa shape index (κ3) is 5.74. The molecule has 0 aliphatic carbocycles. The maximum Gasteiger partial charge on any atom is 0.332 e. The summed E-state index contributed by atoms with van der Waals surface area (Å²) in [6.07, 6.45) is 0. The minimum atomic E-state index is -4.77. The molecule has 0 fully saturated rings. The Kier molecular flexibility index (Phi) is 7.27. The number of ether oxygens (including phenoxy) is 1. The smallest absolute Gasteiger partial charge is 0.332 e. The topological polar surface area (TPSA) is 100 Å². The summed E-state index contributed by atoms with van der Waals surface area (Å²) in [5.41, 5.74) is 1.93. The van der Waals surface area contributed by atoms with Gasteiger partial charge in [0, 0.05) is 26.1 Å². The van der Waals surface area contributed by atoms with Crippen LogP contribution in [0.25, 0.3) is 0 Å². The molecule has 0 saturated carbocycles. The molecular weight excluding hydrogens is 399 g/mol. The SMILES string of the molecule is CCN(CC)c1cc(NC(C)=O)c(N=Nc2ccc(S(=O)(=O)F)cc2)cc1OC. The zero-order chi connectivity index (χ0) is 21.6. The number of amides is 1. The molecule has 8 nitrogen and oxygen atoms in total. The molecule has 0 saturated heterocycles. The lowest BCUT2D eigenvalue weighted by Crippen LogP contribution is -2.22. The monoisotopic (exact) mass is 422 g/mol. The van der Waals surface area contributed by atoms with Crippen molar-refractivity contribution in [1.29, 1.82) is 0 Å². The predicted molar refractivity (Wildman–Crippen MR) is 110 cm³/mol. The summed E-state index contributed by atoms with van der Waals surface area (Å²) in [4.78, 5) is 13.2. The fourth-order valence-corrected chi connectivity index (χ4v) is 3.15. The maximum absolute atomic E-state index is 13.0. The molecule has 0 aliphatic rings. The van der Waals surface area contributed by atoms with Crippen molar-refractivity contribution in [3.63, 3.8) is 0 Å². The van der Waals surface area contributed by atoms with Gasteiger partial charge in [-0.25, -0.2) is 0 Å². The standard InChI is InChI=1S/C19H23FN4O4S/c1-5-24(6-2)18-11-16(21-13(3)25)17(12-19(18)28-4)23-22-14-7-9-15(10-8-14)29(20,26)27/h7-12H,5-6H2,1-4H3,(H,21,25). The van der Waals surface area contributed by atoms with Gasteiger partial charge < -0.3 is 15.0 Å². The minimum absolute atomic E-state index is 0.269. The van der Waals surface area contributed by atoms with Crippen molar-refractivity contribution in [3.05, 3.63) is 36.4 Å². The van der Waals surface area contributed by atoms with Crippen LogP contribution in [0.2, 0.25) is 0 Å². The van der Waals surface area contributed by atoms with E-state index >= 15 is 0 Å². The zero-order valence-electron chi connectivity index (χ0n) is 16.6. The summed E-state index contributed by atoms with van der Waals surface area (Å²) in [5, 5.41) is 10.9. The van der Waals surface area contributed by atoms with Gasteiger partial charge in [0.2, 0.25) is 5.91 Å². The Labute approximate surface area is 169 Å². The van der Waals surface area contributed by atoms with Crippen LogP contribution in [-0.2, 0) is 15.0 Å². The number of rotatable bonds is 8. The lowest BCUT2D eigenvalue weighted by Gasteiger charge is -2.24. The number of anilines is 2. The molecular formula is C19H23FN4O4S. The molecule has 0 bridgehead atoms. The van der Waals surface area contributed by atoms with E-state index in [1.54, 1.807) is 12.1 Å². The second-order valence-corrected chi connectivity index (χ2v) is 7.37. The van der Waals surface area contributed by atoms with Crippen LogP contribution in [0.4, 0.5) is 26.6 Å². The molecule has 2 aromatic rings. The van der Waals surface area contributed by atoms with Crippen LogP contribution in [-0.4, -0.2) is 34.5 Å². The van der Waals surface area contributed by atoms with Gasteiger partial charge in [0.1, 0.15) is 11.4 Å². The molecule has 0 heterocycles. The molecule has 2 rings (SSSR count). The van der Waals surface area contributed by atoms with E-state index in [1.165, 1.54) is 26.2 Å². The molecule has 0 aromatic heterocycles. The molecule has 0 spiro atoms. The summed E-state index contributed by atoms with van der Waals surface area (Å²) >= 11 is 0. The average molecular weight is 422 g/mol. The lowest BCUT2D eigenvalue weighted by molar-refractivity contribution is -0.114. The fourth-order valence-electron chi connectivity index (χ4n) is 2.69. The first-order valence-electron chi connectivity index (χ1n) is 8.90. The Morgan fingerprint density at radius 3 is 2.24 bits per heavy atom. The van der Waals surface area contributed by atoms with E-state index in [1.807, 2.05) is 13.8 Å². The maximum atomic E-state index is 13.0. The quantitative estimate of drug-likeness (QED) is 0.496. The largest absolute Gasteiger partial charge is 0.494 e. The highest BCUT2D eigenvalue weighted by Gasteiger charge is 2.16. The summed E-state index contributed by atoms with van der Waals surface area (Å²) in [5.74, 6) is 0.297. The highest BCUT2D eigenvalue weighted by atomic mass is 32.3. The zero-order valence-corrected chi connectivity index (χ0v) is 17.5. The Bertz CT molecular complexity index is 1000. The van der Waals surface area contributed by atoms with Gasteiger partial charge in [-0.1, -0.05) is 0 Å². The number of nitrogens with zero attached hydrogens (tertiary/aromatic N) is 3. The first kappa shape index (κ1) is 22.3. The molecule has 0 radical (unpaired) electrons. The Morgan fingerprint density at radius 2 is 1.76 bits per heavy atom. The van der Waals surface area contributed by atoms with Crippen molar-refractivity contribution in [3.8, 4) is 5.75 Å². The van der Waals surface area contributed by atoms with Crippen LogP contribution in [0, 0.1) is 0 Å². The number of halogens is 1. The van der Waals surface area contributed by atoms with E-state index in [0.717, 1.165) is 30.9 Å². The van der Waals surface area contributed by atoms with Gasteiger partial charge >= 0.3 is 10.2 Å². The van der Waals surface area contributed by atoms with Crippen molar-refractivity contribution < 1.29 is 21.8 Å². The number of nitrogens with one attached hydrogen (secondary N) is 1. The van der Waals surface area contributed by atoms with E-state index in [2.05, 4.69) is 20.4 Å². The number of benzene rings is 2. The van der Waals surface area contributed by atoms with Gasteiger partial charge in [-0.3, -0.25) is 4.79 Å². The molecule has 0 aliphatic heterocycles. The van der Waals surface area contributed by atoms with Crippen LogP contribution in [0.3, 0.4) is 0 Å². The van der Waals surface area contributed by atoms with Crippen LogP contribution in [0.5, 0.6) is 5.75 Å². The number of azo groups is 1. The van der Waals surface area contributed by atoms with Gasteiger partial charge in [0.25, 0.3) is 0 Å². The summed E-state index contributed by atoms with van der Waals surface area (Å²) in [6, 6.07) is 8.28. The van der Waals surface area contributed by atoms with Crippen LogP contribution < -0.4 is 15.0 Å². The van der Waals surface area contributed by atoms with Gasteiger partial charge in [0.15, 0.2) is 0 Å². The Morgan fingerprint density at radius 1 is 1.14 bits per heavy atom. The lowest BCUT2D eigenvalue weighted by atomic mass is 10.2.